The molecule has 0 N–H and O–H groups in total. The molecule has 0 aromatic heterocycles. The first-order valence-corrected chi connectivity index (χ1v) is 9.57. The van der Waals surface area contributed by atoms with E-state index >= 15 is 0 Å². The number of hydrogen-bond donors (Lipinski definition) is 0. The number of amides is 1. The number of alkyl halides is 3. The highest BCUT2D eigenvalue weighted by Gasteiger charge is 2.31. The highest BCUT2D eigenvalue weighted by Crippen LogP contribution is 2.30. The predicted molar refractivity (Wildman–Crippen MR) is 105 cm³/mol. The van der Waals surface area contributed by atoms with Crippen molar-refractivity contribution in [2.45, 2.75) is 38.6 Å². The number of nitrogens with zero attached hydrogens (tertiary/aromatic N) is 2. The second-order valence-electron chi connectivity index (χ2n) is 6.78. The summed E-state index contributed by atoms with van der Waals surface area (Å²) in [4.78, 5) is 19.4. The van der Waals surface area contributed by atoms with Crippen LogP contribution < -0.4 is 0 Å². The minimum absolute atomic E-state index is 0.0673. The molecule has 0 spiro atoms. The molecule has 29 heavy (non-hydrogen) atoms. The number of oxime groups is 1. The van der Waals surface area contributed by atoms with Gasteiger partial charge in [-0.25, -0.2) is 0 Å². The molecule has 1 amide bonds. The van der Waals surface area contributed by atoms with Gasteiger partial charge >= 0.3 is 6.18 Å². The lowest BCUT2D eigenvalue weighted by atomic mass is 10.0. The molecule has 1 aliphatic rings. The summed E-state index contributed by atoms with van der Waals surface area (Å²) >= 11 is 6.20. The van der Waals surface area contributed by atoms with Crippen molar-refractivity contribution in [3.63, 3.8) is 0 Å². The van der Waals surface area contributed by atoms with Crippen LogP contribution in [0, 0.1) is 0 Å². The maximum Gasteiger partial charge on any atom is 0.416 e. The second kappa shape index (κ2) is 8.86. The van der Waals surface area contributed by atoms with E-state index in [1.54, 1.807) is 19.1 Å². The first-order valence-electron chi connectivity index (χ1n) is 9.19. The highest BCUT2D eigenvalue weighted by atomic mass is 35.5. The van der Waals surface area contributed by atoms with Crippen LogP contribution in [0.5, 0.6) is 0 Å². The van der Waals surface area contributed by atoms with Gasteiger partial charge in [0, 0.05) is 30.0 Å². The van der Waals surface area contributed by atoms with Crippen LogP contribution in [0.25, 0.3) is 0 Å². The van der Waals surface area contributed by atoms with Crippen LogP contribution in [-0.2, 0) is 22.4 Å². The Bertz CT molecular complexity index is 915. The summed E-state index contributed by atoms with van der Waals surface area (Å²) < 4.78 is 38.9. The fourth-order valence-corrected chi connectivity index (χ4v) is 3.42. The van der Waals surface area contributed by atoms with Gasteiger partial charge in [0.15, 0.2) is 6.10 Å². The third-order valence-electron chi connectivity index (χ3n) is 4.62. The maximum absolute atomic E-state index is 13.0. The van der Waals surface area contributed by atoms with Gasteiger partial charge in [-0.3, -0.25) is 4.79 Å². The van der Waals surface area contributed by atoms with Crippen LogP contribution in [0.15, 0.2) is 53.7 Å². The van der Waals surface area contributed by atoms with Crippen molar-refractivity contribution in [2.24, 2.45) is 5.16 Å². The molecule has 1 aliphatic heterocycles. The molecular weight excluding hydrogens is 405 g/mol. The van der Waals surface area contributed by atoms with E-state index in [2.05, 4.69) is 5.16 Å². The molecule has 8 heteroatoms. The molecule has 0 bridgehead atoms. The fraction of sp³-hybridized carbons (Fsp3) is 0.333. The summed E-state index contributed by atoms with van der Waals surface area (Å²) in [6, 6.07) is 12.3. The monoisotopic (exact) mass is 424 g/mol. The Morgan fingerprint density at radius 1 is 1.24 bits per heavy atom. The van der Waals surface area contributed by atoms with E-state index in [0.717, 1.165) is 17.7 Å². The smallest absolute Gasteiger partial charge is 0.390 e. The summed E-state index contributed by atoms with van der Waals surface area (Å²) in [5.41, 5.74) is 1.12. The lowest BCUT2D eigenvalue weighted by molar-refractivity contribution is -0.137. The summed E-state index contributed by atoms with van der Waals surface area (Å²) in [5, 5.41) is 4.64. The van der Waals surface area contributed by atoms with Gasteiger partial charge in [0.2, 0.25) is 5.91 Å². The zero-order chi connectivity index (χ0) is 21.0. The molecule has 0 aliphatic carbocycles. The third kappa shape index (κ3) is 5.29. The number of carbonyl (C=O) groups excluding carboxylic acids is 1. The molecule has 2 aromatic carbocycles. The SMILES string of the molecule is CCC(=O)N(Cc1cccc(C(F)(F)F)c1)CC1CC(c2ccccc2Cl)=NO1. The molecule has 0 radical (unpaired) electrons. The minimum Gasteiger partial charge on any atom is -0.390 e. The predicted octanol–water partition coefficient (Wildman–Crippen LogP) is 5.29. The summed E-state index contributed by atoms with van der Waals surface area (Å²) in [6.45, 7) is 2.00. The summed E-state index contributed by atoms with van der Waals surface area (Å²) in [7, 11) is 0. The number of benzene rings is 2. The Hall–Kier alpha value is -2.54. The van der Waals surface area contributed by atoms with E-state index in [1.807, 2.05) is 18.2 Å². The van der Waals surface area contributed by atoms with Crippen molar-refractivity contribution in [3.05, 3.63) is 70.2 Å². The van der Waals surface area contributed by atoms with Gasteiger partial charge < -0.3 is 9.74 Å². The number of rotatable bonds is 6. The van der Waals surface area contributed by atoms with Gasteiger partial charge in [0.05, 0.1) is 17.8 Å². The zero-order valence-electron chi connectivity index (χ0n) is 15.7. The lowest BCUT2D eigenvalue weighted by Gasteiger charge is -2.25. The second-order valence-corrected chi connectivity index (χ2v) is 7.18. The largest absolute Gasteiger partial charge is 0.416 e. The van der Waals surface area contributed by atoms with E-state index in [1.165, 1.54) is 11.0 Å². The first-order chi connectivity index (χ1) is 13.8. The molecule has 0 saturated carbocycles. The van der Waals surface area contributed by atoms with Crippen LogP contribution >= 0.6 is 11.6 Å². The van der Waals surface area contributed by atoms with Gasteiger partial charge in [0.25, 0.3) is 0 Å². The van der Waals surface area contributed by atoms with Crippen molar-refractivity contribution in [3.8, 4) is 0 Å². The molecule has 0 fully saturated rings. The molecule has 0 saturated heterocycles. The lowest BCUT2D eigenvalue weighted by Crippen LogP contribution is -2.37. The number of halogens is 4. The molecule has 3 rings (SSSR count). The molecule has 1 heterocycles. The normalized spacial score (nSPS) is 16.3. The third-order valence-corrected chi connectivity index (χ3v) is 4.95. The average Bonchev–Trinajstić information content (AvgIpc) is 3.15. The Morgan fingerprint density at radius 3 is 2.69 bits per heavy atom. The van der Waals surface area contributed by atoms with Crippen LogP contribution in [0.4, 0.5) is 13.2 Å². The van der Waals surface area contributed by atoms with E-state index < -0.39 is 11.7 Å². The molecule has 154 valence electrons. The van der Waals surface area contributed by atoms with Gasteiger partial charge in [-0.15, -0.1) is 0 Å². The fourth-order valence-electron chi connectivity index (χ4n) is 3.17. The van der Waals surface area contributed by atoms with Crippen LogP contribution in [-0.4, -0.2) is 29.2 Å². The topological polar surface area (TPSA) is 41.9 Å². The molecule has 2 aromatic rings. The standard InChI is InChI=1S/C21H20ClF3N2O2/c1-2-20(28)27(12-14-6-5-7-15(10-14)21(23,24)25)13-16-11-19(26-29-16)17-8-3-4-9-18(17)22/h3-10,16H,2,11-13H2,1H3. The van der Waals surface area contributed by atoms with E-state index in [0.29, 0.717) is 22.7 Å². The highest BCUT2D eigenvalue weighted by molar-refractivity contribution is 6.34. The Balaban J connectivity index is 1.70. The van der Waals surface area contributed by atoms with Gasteiger partial charge in [0.1, 0.15) is 0 Å². The summed E-state index contributed by atoms with van der Waals surface area (Å²) in [6.07, 6.45) is -4.12. The van der Waals surface area contributed by atoms with Crippen molar-refractivity contribution >= 4 is 23.2 Å². The minimum atomic E-state index is -4.43. The molecule has 4 nitrogen and oxygen atoms in total. The van der Waals surface area contributed by atoms with Crippen LogP contribution in [0.2, 0.25) is 5.02 Å². The van der Waals surface area contributed by atoms with Crippen molar-refractivity contribution in [1.82, 2.24) is 4.90 Å². The molecule has 1 atom stereocenters. The van der Waals surface area contributed by atoms with Crippen molar-refractivity contribution in [2.75, 3.05) is 6.54 Å². The van der Waals surface area contributed by atoms with Gasteiger partial charge in [-0.1, -0.05) is 54.0 Å². The quantitative estimate of drug-likeness (QED) is 0.632. The van der Waals surface area contributed by atoms with Crippen molar-refractivity contribution in [1.29, 1.82) is 0 Å². The van der Waals surface area contributed by atoms with Gasteiger partial charge in [-0.2, -0.15) is 13.2 Å². The Morgan fingerprint density at radius 2 is 2.00 bits per heavy atom. The molecule has 1 unspecified atom stereocenters. The number of carbonyl (C=O) groups is 1. The van der Waals surface area contributed by atoms with Crippen LogP contribution in [0.1, 0.15) is 36.5 Å². The zero-order valence-corrected chi connectivity index (χ0v) is 16.5. The van der Waals surface area contributed by atoms with E-state index in [9.17, 15) is 18.0 Å². The van der Waals surface area contributed by atoms with E-state index in [-0.39, 0.29) is 31.5 Å². The van der Waals surface area contributed by atoms with E-state index in [4.69, 9.17) is 16.4 Å². The molecular formula is C21H20ClF3N2O2. The Labute approximate surface area is 171 Å². The van der Waals surface area contributed by atoms with Crippen molar-refractivity contribution < 1.29 is 22.8 Å². The maximum atomic E-state index is 13.0. The first kappa shape index (κ1) is 21.2. The van der Waals surface area contributed by atoms with Gasteiger partial charge in [-0.05, 0) is 23.8 Å². The Kier molecular flexibility index (Phi) is 6.47. The summed E-state index contributed by atoms with van der Waals surface area (Å²) in [5.74, 6) is -0.169. The number of hydrogen-bond acceptors (Lipinski definition) is 3. The van der Waals surface area contributed by atoms with Crippen LogP contribution in [0.3, 0.4) is 0 Å². The average molecular weight is 425 g/mol.